The molecule has 1 amide bonds. The Labute approximate surface area is 201 Å². The van der Waals surface area contributed by atoms with Gasteiger partial charge >= 0.3 is 6.09 Å². The van der Waals surface area contributed by atoms with Crippen LogP contribution >= 0.6 is 11.6 Å². The molecule has 0 aliphatic carbocycles. The van der Waals surface area contributed by atoms with Crippen molar-refractivity contribution in [3.8, 4) is 16.9 Å². The van der Waals surface area contributed by atoms with Gasteiger partial charge in [0.2, 0.25) is 5.95 Å². The Bertz CT molecular complexity index is 1370. The molecule has 34 heavy (non-hydrogen) atoms. The van der Waals surface area contributed by atoms with Crippen molar-refractivity contribution in [1.82, 2.24) is 19.5 Å². The number of amides is 1. The van der Waals surface area contributed by atoms with Crippen LogP contribution in [0.25, 0.3) is 16.8 Å². The topological polar surface area (TPSA) is 92.0 Å². The molecule has 1 aliphatic rings. The van der Waals surface area contributed by atoms with E-state index in [9.17, 15) is 9.90 Å². The van der Waals surface area contributed by atoms with Gasteiger partial charge in [-0.2, -0.15) is 4.98 Å². The van der Waals surface area contributed by atoms with E-state index in [0.29, 0.717) is 49.2 Å². The Balaban J connectivity index is 1.45. The van der Waals surface area contributed by atoms with Gasteiger partial charge < -0.3 is 20.1 Å². The third-order valence-electron chi connectivity index (χ3n) is 5.93. The molecule has 0 unspecified atom stereocenters. The molecule has 2 aromatic carbocycles. The van der Waals surface area contributed by atoms with E-state index in [1.807, 2.05) is 49.5 Å². The van der Waals surface area contributed by atoms with Crippen LogP contribution in [0.3, 0.4) is 0 Å². The van der Waals surface area contributed by atoms with E-state index in [1.54, 1.807) is 10.6 Å². The smallest absolute Gasteiger partial charge is 0.407 e. The van der Waals surface area contributed by atoms with Gasteiger partial charge in [0, 0.05) is 41.1 Å². The molecule has 0 spiro atoms. The number of pyridine rings is 1. The van der Waals surface area contributed by atoms with Gasteiger partial charge in [0.25, 0.3) is 0 Å². The van der Waals surface area contributed by atoms with Crippen LogP contribution < -0.4 is 10.1 Å². The van der Waals surface area contributed by atoms with Crippen LogP contribution in [-0.2, 0) is 12.8 Å². The highest BCUT2D eigenvalue weighted by atomic mass is 35.5. The molecule has 2 N–H and O–H groups in total. The number of halogens is 1. The third-order valence-corrected chi connectivity index (χ3v) is 6.16. The number of benzene rings is 2. The summed E-state index contributed by atoms with van der Waals surface area (Å²) in [6.07, 6.45) is 2.36. The summed E-state index contributed by atoms with van der Waals surface area (Å²) in [5, 5.41) is 17.8. The number of nitrogens with one attached hydrogen (secondary N) is 1. The standard InChI is InChI=1S/C25H24ClN5O3/c1-2-34-22-8-6-18(26)15-21(22)20-4-3-11-31-23(20)28-24(29-31)27-19-7-5-16-9-12-30(25(32)33)13-10-17(16)14-19/h3-8,11,14-15H,2,9-10,12-13H2,1H3,(H,27,29)(H,32,33). The number of rotatable bonds is 5. The van der Waals surface area contributed by atoms with Crippen LogP contribution in [-0.4, -0.2) is 50.4 Å². The SMILES string of the molecule is CCOc1ccc(Cl)cc1-c1cccn2nc(Nc3ccc4c(c3)CCN(C(=O)O)CC4)nc12. The molecular formula is C25H24ClN5O3. The van der Waals surface area contributed by atoms with E-state index in [2.05, 4.69) is 16.5 Å². The maximum Gasteiger partial charge on any atom is 0.407 e. The number of aromatic nitrogens is 3. The normalized spacial score (nSPS) is 13.4. The number of hydrogen-bond acceptors (Lipinski definition) is 5. The summed E-state index contributed by atoms with van der Waals surface area (Å²) in [5.41, 5.74) is 5.57. The summed E-state index contributed by atoms with van der Waals surface area (Å²) in [6, 6.07) is 15.5. The molecule has 9 heteroatoms. The van der Waals surface area contributed by atoms with Crippen LogP contribution in [0, 0.1) is 0 Å². The zero-order valence-electron chi connectivity index (χ0n) is 18.7. The second-order valence-electron chi connectivity index (χ2n) is 8.08. The third kappa shape index (κ3) is 4.36. The van der Waals surface area contributed by atoms with Crippen LogP contribution in [0.15, 0.2) is 54.7 Å². The summed E-state index contributed by atoms with van der Waals surface area (Å²) in [5.74, 6) is 1.20. The first-order valence-corrected chi connectivity index (χ1v) is 11.5. The molecule has 5 rings (SSSR count). The average Bonchev–Trinajstić information content (AvgIpc) is 3.11. The minimum atomic E-state index is -0.872. The second-order valence-corrected chi connectivity index (χ2v) is 8.51. The number of anilines is 2. The lowest BCUT2D eigenvalue weighted by molar-refractivity contribution is 0.147. The summed E-state index contributed by atoms with van der Waals surface area (Å²) in [4.78, 5) is 17.5. The predicted molar refractivity (Wildman–Crippen MR) is 131 cm³/mol. The predicted octanol–water partition coefficient (Wildman–Crippen LogP) is 5.27. The van der Waals surface area contributed by atoms with Crippen LogP contribution in [0.2, 0.25) is 5.02 Å². The molecule has 0 saturated heterocycles. The largest absolute Gasteiger partial charge is 0.493 e. The number of ether oxygens (including phenoxy) is 1. The first kappa shape index (κ1) is 22.0. The van der Waals surface area contributed by atoms with Gasteiger partial charge in [0.05, 0.1) is 6.61 Å². The highest BCUT2D eigenvalue weighted by Crippen LogP contribution is 2.35. The maximum atomic E-state index is 11.3. The second kappa shape index (κ2) is 9.23. The highest BCUT2D eigenvalue weighted by Gasteiger charge is 2.18. The highest BCUT2D eigenvalue weighted by molar-refractivity contribution is 6.31. The van der Waals surface area contributed by atoms with Crippen molar-refractivity contribution in [2.75, 3.05) is 25.0 Å². The fraction of sp³-hybridized carbons (Fsp3) is 0.240. The summed E-state index contributed by atoms with van der Waals surface area (Å²) >= 11 is 6.28. The lowest BCUT2D eigenvalue weighted by Gasteiger charge is -2.14. The zero-order valence-corrected chi connectivity index (χ0v) is 19.4. The van der Waals surface area contributed by atoms with Crippen LogP contribution in [0.1, 0.15) is 18.1 Å². The number of hydrogen-bond donors (Lipinski definition) is 2. The van der Waals surface area contributed by atoms with E-state index < -0.39 is 6.09 Å². The summed E-state index contributed by atoms with van der Waals surface area (Å²) in [6.45, 7) is 3.49. The first-order chi connectivity index (χ1) is 16.5. The Morgan fingerprint density at radius 2 is 1.94 bits per heavy atom. The maximum absolute atomic E-state index is 11.3. The summed E-state index contributed by atoms with van der Waals surface area (Å²) in [7, 11) is 0. The molecular weight excluding hydrogens is 454 g/mol. The van der Waals surface area contributed by atoms with Crippen molar-refractivity contribution in [3.63, 3.8) is 0 Å². The summed E-state index contributed by atoms with van der Waals surface area (Å²) < 4.78 is 7.54. The number of fused-ring (bicyclic) bond motifs is 2. The lowest BCUT2D eigenvalue weighted by Crippen LogP contribution is -2.31. The van der Waals surface area contributed by atoms with E-state index in [1.165, 1.54) is 10.5 Å². The van der Waals surface area contributed by atoms with Crippen molar-refractivity contribution in [3.05, 3.63) is 70.9 Å². The van der Waals surface area contributed by atoms with Crippen molar-refractivity contribution in [2.24, 2.45) is 0 Å². The lowest BCUT2D eigenvalue weighted by atomic mass is 10.0. The molecule has 2 aromatic heterocycles. The van der Waals surface area contributed by atoms with Gasteiger partial charge in [0.15, 0.2) is 5.65 Å². The van der Waals surface area contributed by atoms with Gasteiger partial charge in [-0.15, -0.1) is 5.10 Å². The average molecular weight is 478 g/mol. The quantitative estimate of drug-likeness (QED) is 0.407. The van der Waals surface area contributed by atoms with Crippen LogP contribution in [0.5, 0.6) is 5.75 Å². The Kier molecular flexibility index (Phi) is 5.98. The fourth-order valence-corrected chi connectivity index (χ4v) is 4.46. The molecule has 174 valence electrons. The van der Waals surface area contributed by atoms with Crippen molar-refractivity contribution in [1.29, 1.82) is 0 Å². The molecule has 0 fully saturated rings. The van der Waals surface area contributed by atoms with Crippen molar-refractivity contribution >= 4 is 35.0 Å². The van der Waals surface area contributed by atoms with E-state index in [-0.39, 0.29) is 0 Å². The molecule has 0 atom stereocenters. The molecule has 3 heterocycles. The Morgan fingerprint density at radius 3 is 2.74 bits per heavy atom. The molecule has 4 aromatic rings. The fourth-order valence-electron chi connectivity index (χ4n) is 4.29. The first-order valence-electron chi connectivity index (χ1n) is 11.2. The number of carboxylic acid groups (broad SMARTS) is 1. The monoisotopic (exact) mass is 477 g/mol. The molecule has 0 saturated carbocycles. The van der Waals surface area contributed by atoms with E-state index in [4.69, 9.17) is 21.3 Å². The Hall–Kier alpha value is -3.78. The number of nitrogens with zero attached hydrogens (tertiary/aromatic N) is 4. The van der Waals surface area contributed by atoms with Gasteiger partial charge in [-0.25, -0.2) is 9.31 Å². The van der Waals surface area contributed by atoms with Gasteiger partial charge in [0.1, 0.15) is 5.75 Å². The minimum Gasteiger partial charge on any atom is -0.493 e. The number of carbonyl (C=O) groups is 1. The molecule has 1 aliphatic heterocycles. The van der Waals surface area contributed by atoms with Crippen molar-refractivity contribution in [2.45, 2.75) is 19.8 Å². The van der Waals surface area contributed by atoms with Crippen molar-refractivity contribution < 1.29 is 14.6 Å². The zero-order chi connectivity index (χ0) is 23.7. The van der Waals surface area contributed by atoms with Gasteiger partial charge in [-0.1, -0.05) is 17.7 Å². The van der Waals surface area contributed by atoms with Crippen LogP contribution in [0.4, 0.5) is 16.4 Å². The molecule has 0 bridgehead atoms. The van der Waals surface area contributed by atoms with Gasteiger partial charge in [-0.3, -0.25) is 0 Å². The van der Waals surface area contributed by atoms with E-state index in [0.717, 1.165) is 28.1 Å². The van der Waals surface area contributed by atoms with Gasteiger partial charge in [-0.05, 0) is 73.4 Å². The minimum absolute atomic E-state index is 0.466. The Morgan fingerprint density at radius 1 is 1.12 bits per heavy atom. The molecule has 0 radical (unpaired) electrons. The molecule has 8 nitrogen and oxygen atoms in total. The van der Waals surface area contributed by atoms with E-state index >= 15 is 0 Å².